The summed E-state index contributed by atoms with van der Waals surface area (Å²) in [7, 11) is 1.34. The van der Waals surface area contributed by atoms with E-state index in [-0.39, 0.29) is 17.9 Å². The Bertz CT molecular complexity index is 1100. The van der Waals surface area contributed by atoms with E-state index >= 15 is 0 Å². The summed E-state index contributed by atoms with van der Waals surface area (Å²) in [6.07, 6.45) is 1.75. The average molecular weight is 464 g/mol. The minimum atomic E-state index is -4.99. The average Bonchev–Trinajstić information content (AvgIpc) is 3.43. The number of anilines is 1. The van der Waals surface area contributed by atoms with Gasteiger partial charge >= 0.3 is 6.18 Å². The molecular formula is C21H23F3N6O3. The largest absolute Gasteiger partial charge is 0.424 e. The SMILES string of the molecule is Cn1ccnc1C(O)(CCNC(=O)c1cccc(NC(=O)CCn2ccnc2)c1)C(F)(F)F. The fraction of sp³-hybridized carbons (Fsp3) is 0.333. The summed E-state index contributed by atoms with van der Waals surface area (Å²) in [6.45, 7) is -0.0205. The predicted octanol–water partition coefficient (Wildman–Crippen LogP) is 2.22. The molecule has 0 saturated carbocycles. The Kier molecular flexibility index (Phi) is 7.16. The minimum absolute atomic E-state index is 0.148. The number of alkyl halides is 3. The second kappa shape index (κ2) is 9.86. The number of amides is 2. The molecule has 2 heterocycles. The zero-order valence-electron chi connectivity index (χ0n) is 17.7. The predicted molar refractivity (Wildman–Crippen MR) is 112 cm³/mol. The molecule has 3 N–H and O–H groups in total. The number of halogens is 3. The highest BCUT2D eigenvalue weighted by Gasteiger charge is 2.57. The van der Waals surface area contributed by atoms with E-state index in [9.17, 15) is 27.9 Å². The van der Waals surface area contributed by atoms with Crippen molar-refractivity contribution in [1.29, 1.82) is 0 Å². The van der Waals surface area contributed by atoms with Gasteiger partial charge in [0.15, 0.2) is 0 Å². The molecule has 2 aromatic heterocycles. The van der Waals surface area contributed by atoms with Gasteiger partial charge in [-0.2, -0.15) is 13.2 Å². The second-order valence-corrected chi connectivity index (χ2v) is 7.41. The Hall–Kier alpha value is -3.67. The van der Waals surface area contributed by atoms with Crippen molar-refractivity contribution in [1.82, 2.24) is 24.4 Å². The van der Waals surface area contributed by atoms with Crippen molar-refractivity contribution in [2.75, 3.05) is 11.9 Å². The third kappa shape index (κ3) is 5.77. The van der Waals surface area contributed by atoms with Gasteiger partial charge in [0.25, 0.3) is 5.91 Å². The van der Waals surface area contributed by atoms with Crippen LogP contribution in [0.4, 0.5) is 18.9 Å². The lowest BCUT2D eigenvalue weighted by atomic mass is 9.97. The molecule has 176 valence electrons. The number of hydrogen-bond donors (Lipinski definition) is 3. The first-order chi connectivity index (χ1) is 15.6. The Morgan fingerprint density at radius 3 is 2.61 bits per heavy atom. The molecule has 0 radical (unpaired) electrons. The number of aryl methyl sites for hydroxylation is 2. The van der Waals surface area contributed by atoms with E-state index in [2.05, 4.69) is 20.6 Å². The van der Waals surface area contributed by atoms with Crippen LogP contribution in [0.2, 0.25) is 0 Å². The molecule has 0 aliphatic heterocycles. The van der Waals surface area contributed by atoms with Crippen LogP contribution in [0.1, 0.15) is 29.0 Å². The van der Waals surface area contributed by atoms with Crippen molar-refractivity contribution in [3.05, 3.63) is 66.8 Å². The number of benzene rings is 1. The van der Waals surface area contributed by atoms with Gasteiger partial charge in [-0.25, -0.2) is 9.97 Å². The first-order valence-corrected chi connectivity index (χ1v) is 10.0. The molecule has 2 amide bonds. The number of carbonyl (C=O) groups is 2. The van der Waals surface area contributed by atoms with E-state index in [0.717, 1.165) is 10.8 Å². The number of imidazole rings is 2. The molecule has 0 bridgehead atoms. The van der Waals surface area contributed by atoms with Gasteiger partial charge in [-0.1, -0.05) is 6.07 Å². The normalized spacial score (nSPS) is 13.4. The Morgan fingerprint density at radius 2 is 1.97 bits per heavy atom. The zero-order valence-corrected chi connectivity index (χ0v) is 17.7. The van der Waals surface area contributed by atoms with E-state index in [1.807, 2.05) is 0 Å². The number of rotatable bonds is 9. The minimum Gasteiger partial charge on any atom is -0.374 e. The molecule has 1 atom stereocenters. The number of aliphatic hydroxyl groups is 1. The van der Waals surface area contributed by atoms with E-state index < -0.39 is 36.5 Å². The standard InChI is InChI=1S/C21H23F3N6O3/c1-29-11-9-27-19(29)20(33,21(22,23)24)6-7-26-18(32)15-3-2-4-16(13-15)28-17(31)5-10-30-12-8-25-14-30/h2-4,8-9,11-14,33H,5-7,10H2,1H3,(H,26,32)(H,28,31). The monoisotopic (exact) mass is 464 g/mol. The molecule has 33 heavy (non-hydrogen) atoms. The molecule has 1 unspecified atom stereocenters. The quantitative estimate of drug-likeness (QED) is 0.449. The molecule has 3 aromatic rings. The van der Waals surface area contributed by atoms with E-state index in [0.29, 0.717) is 12.2 Å². The highest BCUT2D eigenvalue weighted by atomic mass is 19.4. The molecule has 12 heteroatoms. The third-order valence-corrected chi connectivity index (χ3v) is 5.00. The van der Waals surface area contributed by atoms with Crippen LogP contribution in [0, 0.1) is 0 Å². The van der Waals surface area contributed by atoms with Crippen LogP contribution in [0.25, 0.3) is 0 Å². The van der Waals surface area contributed by atoms with Crippen LogP contribution < -0.4 is 10.6 Å². The van der Waals surface area contributed by atoms with E-state index in [1.165, 1.54) is 25.4 Å². The van der Waals surface area contributed by atoms with Crippen molar-refractivity contribution in [2.24, 2.45) is 7.05 Å². The summed E-state index contributed by atoms with van der Waals surface area (Å²) < 4.78 is 43.5. The Balaban J connectivity index is 1.58. The van der Waals surface area contributed by atoms with Gasteiger partial charge in [-0.05, 0) is 18.2 Å². The molecule has 0 saturated heterocycles. The summed E-state index contributed by atoms with van der Waals surface area (Å²) in [5, 5.41) is 15.4. The van der Waals surface area contributed by atoms with Crippen LogP contribution in [0.15, 0.2) is 55.4 Å². The first kappa shape index (κ1) is 24.0. The maximum absolute atomic E-state index is 13.6. The van der Waals surface area contributed by atoms with Crippen molar-refractivity contribution >= 4 is 17.5 Å². The maximum atomic E-state index is 13.6. The highest BCUT2D eigenvalue weighted by Crippen LogP contribution is 2.40. The summed E-state index contributed by atoms with van der Waals surface area (Å²) in [5.41, 5.74) is -2.70. The number of nitrogens with one attached hydrogen (secondary N) is 2. The molecule has 0 spiro atoms. The van der Waals surface area contributed by atoms with Crippen molar-refractivity contribution in [2.45, 2.75) is 31.2 Å². The number of nitrogens with zero attached hydrogens (tertiary/aromatic N) is 4. The number of hydrogen-bond acceptors (Lipinski definition) is 5. The van der Waals surface area contributed by atoms with Gasteiger partial charge in [0.05, 0.1) is 6.33 Å². The molecule has 1 aromatic carbocycles. The fourth-order valence-electron chi connectivity index (χ4n) is 3.21. The molecule has 3 rings (SSSR count). The van der Waals surface area contributed by atoms with Gasteiger partial charge in [-0.3, -0.25) is 9.59 Å². The lowest BCUT2D eigenvalue weighted by molar-refractivity contribution is -0.272. The molecule has 0 fully saturated rings. The zero-order chi connectivity index (χ0) is 24.1. The third-order valence-electron chi connectivity index (χ3n) is 5.00. The van der Waals surface area contributed by atoms with Crippen LogP contribution in [0.3, 0.4) is 0 Å². The maximum Gasteiger partial charge on any atom is 0.424 e. The van der Waals surface area contributed by atoms with E-state index in [4.69, 9.17) is 0 Å². The number of aromatic nitrogens is 4. The van der Waals surface area contributed by atoms with Gasteiger partial charge < -0.3 is 24.9 Å². The summed E-state index contributed by atoms with van der Waals surface area (Å²) in [6, 6.07) is 6.01. The highest BCUT2D eigenvalue weighted by molar-refractivity contribution is 5.97. The van der Waals surface area contributed by atoms with Crippen LogP contribution in [-0.2, 0) is 24.0 Å². The lowest BCUT2D eigenvalue weighted by Crippen LogP contribution is -2.46. The summed E-state index contributed by atoms with van der Waals surface area (Å²) in [5.74, 6) is -1.48. The number of carbonyl (C=O) groups excluding carboxylic acids is 2. The lowest BCUT2D eigenvalue weighted by Gasteiger charge is -2.30. The molecule has 0 aliphatic carbocycles. The smallest absolute Gasteiger partial charge is 0.374 e. The Morgan fingerprint density at radius 1 is 1.18 bits per heavy atom. The van der Waals surface area contributed by atoms with Crippen molar-refractivity contribution < 1.29 is 27.9 Å². The molecular weight excluding hydrogens is 441 g/mol. The summed E-state index contributed by atoms with van der Waals surface area (Å²) >= 11 is 0. The van der Waals surface area contributed by atoms with Crippen LogP contribution >= 0.6 is 0 Å². The van der Waals surface area contributed by atoms with Crippen LogP contribution in [0.5, 0.6) is 0 Å². The fourth-order valence-corrected chi connectivity index (χ4v) is 3.21. The Labute approximate surface area is 187 Å². The molecule has 0 aliphatic rings. The van der Waals surface area contributed by atoms with Crippen LogP contribution in [-0.4, -0.2) is 48.7 Å². The topological polar surface area (TPSA) is 114 Å². The van der Waals surface area contributed by atoms with Gasteiger partial charge in [0.2, 0.25) is 11.5 Å². The second-order valence-electron chi connectivity index (χ2n) is 7.41. The van der Waals surface area contributed by atoms with Gasteiger partial charge in [-0.15, -0.1) is 0 Å². The summed E-state index contributed by atoms with van der Waals surface area (Å²) in [4.78, 5) is 32.1. The van der Waals surface area contributed by atoms with Gasteiger partial charge in [0.1, 0.15) is 5.82 Å². The van der Waals surface area contributed by atoms with Crippen molar-refractivity contribution in [3.8, 4) is 0 Å². The van der Waals surface area contributed by atoms with Gasteiger partial charge in [0, 0.05) is 69.0 Å². The first-order valence-electron chi connectivity index (χ1n) is 10.0. The van der Waals surface area contributed by atoms with Crippen molar-refractivity contribution in [3.63, 3.8) is 0 Å². The van der Waals surface area contributed by atoms with E-state index in [1.54, 1.807) is 35.4 Å². The molecule has 9 nitrogen and oxygen atoms in total.